The molecule has 1 aliphatic heterocycles. The maximum absolute atomic E-state index is 12.8. The van der Waals surface area contributed by atoms with Crippen LogP contribution < -0.4 is 14.8 Å². The van der Waals surface area contributed by atoms with Gasteiger partial charge >= 0.3 is 0 Å². The molecule has 4 aliphatic carbocycles. The van der Waals surface area contributed by atoms with Crippen molar-refractivity contribution in [1.82, 2.24) is 0 Å². The van der Waals surface area contributed by atoms with E-state index in [1.165, 1.54) is 32.1 Å². The van der Waals surface area contributed by atoms with E-state index in [9.17, 15) is 4.79 Å². The summed E-state index contributed by atoms with van der Waals surface area (Å²) < 4.78 is 11.7. The first-order valence-electron chi connectivity index (χ1n) is 9.89. The molecule has 4 nitrogen and oxygen atoms in total. The van der Waals surface area contributed by atoms with Gasteiger partial charge in [-0.05, 0) is 67.9 Å². The number of anilines is 1. The van der Waals surface area contributed by atoms with Crippen molar-refractivity contribution in [2.75, 3.05) is 18.5 Å². The minimum absolute atomic E-state index is 0.137. The van der Waals surface area contributed by atoms with Crippen LogP contribution in [0.3, 0.4) is 0 Å². The number of alkyl halides is 1. The Bertz CT molecular complexity index is 720. The fraction of sp³-hybridized carbons (Fsp3) is 0.667. The quantitative estimate of drug-likeness (QED) is 0.707. The van der Waals surface area contributed by atoms with E-state index < -0.39 is 0 Å². The SMILES string of the molecule is O=C(CC12C[C@@H]3C[C@H](CC(Br)(C3)C1)C2)Nc1ccc2c(c1)OCCCO2. The fourth-order valence-corrected chi connectivity index (χ4v) is 7.84. The minimum Gasteiger partial charge on any atom is -0.490 e. The van der Waals surface area contributed by atoms with Crippen LogP contribution in [0.5, 0.6) is 11.5 Å². The van der Waals surface area contributed by atoms with E-state index in [0.29, 0.717) is 24.0 Å². The summed E-state index contributed by atoms with van der Waals surface area (Å²) in [5.74, 6) is 3.25. The van der Waals surface area contributed by atoms with E-state index >= 15 is 0 Å². The van der Waals surface area contributed by atoms with Crippen LogP contribution in [0.2, 0.25) is 0 Å². The third kappa shape index (κ3) is 3.12. The van der Waals surface area contributed by atoms with Gasteiger partial charge in [0.2, 0.25) is 5.91 Å². The molecule has 1 heterocycles. The molecule has 0 saturated heterocycles. The summed E-state index contributed by atoms with van der Waals surface area (Å²) in [7, 11) is 0. The number of carbonyl (C=O) groups excluding carboxylic acids is 1. The molecule has 5 heteroatoms. The predicted octanol–water partition coefficient (Wildman–Crippen LogP) is 4.91. The molecule has 4 fully saturated rings. The molecule has 0 spiro atoms. The first kappa shape index (κ1) is 16.9. The summed E-state index contributed by atoms with van der Waals surface area (Å²) in [5.41, 5.74) is 1.00. The molecule has 2 atom stereocenters. The third-order valence-corrected chi connectivity index (χ3v) is 7.61. The Morgan fingerprint density at radius 1 is 1.12 bits per heavy atom. The molecule has 0 unspecified atom stereocenters. The van der Waals surface area contributed by atoms with Crippen LogP contribution in [0.25, 0.3) is 0 Å². The van der Waals surface area contributed by atoms with E-state index in [0.717, 1.165) is 41.9 Å². The van der Waals surface area contributed by atoms with Crippen LogP contribution in [0, 0.1) is 17.3 Å². The monoisotopic (exact) mass is 419 g/mol. The van der Waals surface area contributed by atoms with Crippen LogP contribution in [-0.2, 0) is 4.79 Å². The number of hydrogen-bond acceptors (Lipinski definition) is 3. The van der Waals surface area contributed by atoms with Crippen molar-refractivity contribution in [3.8, 4) is 11.5 Å². The molecule has 1 aromatic carbocycles. The molecular formula is C21H26BrNO3. The Hall–Kier alpha value is -1.23. The maximum Gasteiger partial charge on any atom is 0.224 e. The minimum atomic E-state index is 0.137. The van der Waals surface area contributed by atoms with Gasteiger partial charge in [-0.2, -0.15) is 0 Å². The van der Waals surface area contributed by atoms with E-state index in [2.05, 4.69) is 21.2 Å². The van der Waals surface area contributed by atoms with Crippen LogP contribution in [-0.4, -0.2) is 23.4 Å². The standard InChI is InChI=1S/C21H26BrNO3/c22-21-10-14-6-15(11-21)9-20(8-14,13-21)12-19(24)23-16-2-3-17-18(7-16)26-5-1-4-25-17/h2-3,7,14-15H,1,4-6,8-13H2,(H,23,24)/t14-,15-,20?,21?/m0/s1. The number of halogens is 1. The molecule has 140 valence electrons. The highest BCUT2D eigenvalue weighted by molar-refractivity contribution is 9.10. The predicted molar refractivity (Wildman–Crippen MR) is 104 cm³/mol. The second kappa shape index (κ2) is 6.15. The summed E-state index contributed by atoms with van der Waals surface area (Å²) in [5, 5.41) is 3.11. The van der Waals surface area contributed by atoms with Crippen LogP contribution in [0.4, 0.5) is 5.69 Å². The second-order valence-corrected chi connectivity index (χ2v) is 10.7. The number of fused-ring (bicyclic) bond motifs is 1. The van der Waals surface area contributed by atoms with E-state index in [4.69, 9.17) is 9.47 Å². The Morgan fingerprint density at radius 2 is 1.85 bits per heavy atom. The first-order valence-corrected chi connectivity index (χ1v) is 10.7. The maximum atomic E-state index is 12.8. The summed E-state index contributed by atoms with van der Waals surface area (Å²) in [6, 6.07) is 5.70. The summed E-state index contributed by atoms with van der Waals surface area (Å²) in [4.78, 5) is 12.8. The number of amides is 1. The van der Waals surface area contributed by atoms with Gasteiger partial charge in [0.15, 0.2) is 11.5 Å². The van der Waals surface area contributed by atoms with Crippen LogP contribution >= 0.6 is 15.9 Å². The lowest BCUT2D eigenvalue weighted by Gasteiger charge is -2.60. The smallest absolute Gasteiger partial charge is 0.224 e. The molecule has 1 amide bonds. The molecule has 6 rings (SSSR count). The zero-order valence-corrected chi connectivity index (χ0v) is 16.6. The third-order valence-electron chi connectivity index (χ3n) is 6.68. The number of benzene rings is 1. The van der Waals surface area contributed by atoms with Crippen molar-refractivity contribution < 1.29 is 14.3 Å². The number of ether oxygens (including phenoxy) is 2. The fourth-order valence-electron chi connectivity index (χ4n) is 6.33. The Morgan fingerprint density at radius 3 is 2.58 bits per heavy atom. The lowest BCUT2D eigenvalue weighted by Crippen LogP contribution is -2.53. The van der Waals surface area contributed by atoms with Crippen molar-refractivity contribution in [2.24, 2.45) is 17.3 Å². The molecule has 0 radical (unpaired) electrons. The van der Waals surface area contributed by atoms with Gasteiger partial charge in [-0.1, -0.05) is 15.9 Å². The Labute approximate surface area is 163 Å². The van der Waals surface area contributed by atoms with E-state index in [-0.39, 0.29) is 11.3 Å². The summed E-state index contributed by atoms with van der Waals surface area (Å²) >= 11 is 4.04. The number of nitrogens with one attached hydrogen (secondary N) is 1. The lowest BCUT2D eigenvalue weighted by atomic mass is 9.48. The lowest BCUT2D eigenvalue weighted by molar-refractivity contribution is -0.123. The summed E-state index contributed by atoms with van der Waals surface area (Å²) in [6.07, 6.45) is 9.11. The highest BCUT2D eigenvalue weighted by Gasteiger charge is 2.57. The summed E-state index contributed by atoms with van der Waals surface area (Å²) in [6.45, 7) is 1.33. The van der Waals surface area contributed by atoms with Crippen molar-refractivity contribution in [1.29, 1.82) is 0 Å². The van der Waals surface area contributed by atoms with Gasteiger partial charge in [-0.15, -0.1) is 0 Å². The largest absolute Gasteiger partial charge is 0.490 e. The highest BCUT2D eigenvalue weighted by atomic mass is 79.9. The van der Waals surface area contributed by atoms with Gasteiger partial charge in [-0.3, -0.25) is 4.79 Å². The van der Waals surface area contributed by atoms with Crippen molar-refractivity contribution in [3.05, 3.63) is 18.2 Å². The molecule has 4 bridgehead atoms. The van der Waals surface area contributed by atoms with Gasteiger partial charge in [0, 0.05) is 28.9 Å². The highest BCUT2D eigenvalue weighted by Crippen LogP contribution is 2.65. The van der Waals surface area contributed by atoms with Gasteiger partial charge in [0.05, 0.1) is 13.2 Å². The number of rotatable bonds is 3. The Balaban J connectivity index is 1.29. The van der Waals surface area contributed by atoms with Gasteiger partial charge in [0.1, 0.15) is 0 Å². The van der Waals surface area contributed by atoms with Gasteiger partial charge < -0.3 is 14.8 Å². The molecule has 0 aromatic heterocycles. The van der Waals surface area contributed by atoms with Gasteiger partial charge in [0.25, 0.3) is 0 Å². The number of carbonyl (C=O) groups is 1. The zero-order chi connectivity index (χ0) is 17.8. The molecular weight excluding hydrogens is 394 g/mol. The first-order chi connectivity index (χ1) is 12.5. The molecule has 1 aromatic rings. The topological polar surface area (TPSA) is 47.6 Å². The molecule has 4 saturated carbocycles. The molecule has 26 heavy (non-hydrogen) atoms. The van der Waals surface area contributed by atoms with Crippen LogP contribution in [0.15, 0.2) is 18.2 Å². The second-order valence-electron chi connectivity index (χ2n) is 9.05. The molecule has 5 aliphatic rings. The van der Waals surface area contributed by atoms with Crippen molar-refractivity contribution >= 4 is 27.5 Å². The zero-order valence-electron chi connectivity index (χ0n) is 15.1. The normalized spacial score (nSPS) is 37.3. The van der Waals surface area contributed by atoms with E-state index in [1.54, 1.807) is 0 Å². The van der Waals surface area contributed by atoms with Crippen molar-refractivity contribution in [2.45, 2.75) is 55.7 Å². The average Bonchev–Trinajstić information content (AvgIpc) is 2.76. The van der Waals surface area contributed by atoms with E-state index in [1.807, 2.05) is 18.2 Å². The Kier molecular flexibility index (Phi) is 4.00. The van der Waals surface area contributed by atoms with Gasteiger partial charge in [-0.25, -0.2) is 0 Å². The molecule has 1 N–H and O–H groups in total. The van der Waals surface area contributed by atoms with Crippen molar-refractivity contribution in [3.63, 3.8) is 0 Å². The average molecular weight is 420 g/mol. The number of hydrogen-bond donors (Lipinski definition) is 1. The van der Waals surface area contributed by atoms with Crippen LogP contribution in [0.1, 0.15) is 51.4 Å².